The molecule has 1 N–H and O–H groups in total. The van der Waals surface area contributed by atoms with E-state index in [1.54, 1.807) is 12.1 Å². The van der Waals surface area contributed by atoms with Gasteiger partial charge in [-0.05, 0) is 71.9 Å². The van der Waals surface area contributed by atoms with Crippen molar-refractivity contribution in [1.82, 2.24) is 5.01 Å². The highest BCUT2D eigenvalue weighted by atomic mass is 127. The quantitative estimate of drug-likeness (QED) is 0.321. The number of carbonyl (C=O) groups is 2. The van der Waals surface area contributed by atoms with Crippen LogP contribution in [0.25, 0.3) is 0 Å². The van der Waals surface area contributed by atoms with Crippen LogP contribution in [0.1, 0.15) is 25.3 Å². The lowest BCUT2D eigenvalue weighted by Gasteiger charge is -2.37. The van der Waals surface area contributed by atoms with E-state index in [1.807, 2.05) is 29.5 Å². The molecule has 2 amide bonds. The summed E-state index contributed by atoms with van der Waals surface area (Å²) in [6, 6.07) is 3.37. The van der Waals surface area contributed by atoms with Crippen LogP contribution in [0.2, 0.25) is 0 Å². The molecule has 1 saturated carbocycles. The molecule has 1 aromatic carbocycles. The lowest BCUT2D eigenvalue weighted by molar-refractivity contribution is -0.140. The van der Waals surface area contributed by atoms with Gasteiger partial charge < -0.3 is 9.84 Å². The Balaban J connectivity index is 1.60. The number of fused-ring (bicyclic) bond motifs is 1. The maximum absolute atomic E-state index is 12.7. The highest BCUT2D eigenvalue weighted by molar-refractivity contribution is 14.1. The predicted molar refractivity (Wildman–Crippen MR) is 104 cm³/mol. The topological polar surface area (TPSA) is 79.2 Å². The van der Waals surface area contributed by atoms with Gasteiger partial charge in [-0.25, -0.2) is 0 Å². The molecule has 1 saturated heterocycles. The fourth-order valence-corrected chi connectivity index (χ4v) is 4.86. The number of ether oxygens (including phenoxy) is 1. The van der Waals surface area contributed by atoms with Gasteiger partial charge in [0.1, 0.15) is 0 Å². The monoisotopic (exact) mass is 466 g/mol. The lowest BCUT2D eigenvalue weighted by atomic mass is 9.63. The van der Waals surface area contributed by atoms with Crippen LogP contribution in [0.4, 0.5) is 0 Å². The number of carbonyl (C=O) groups excluding carboxylic acids is 2. The van der Waals surface area contributed by atoms with E-state index in [1.165, 1.54) is 6.21 Å². The van der Waals surface area contributed by atoms with Crippen LogP contribution in [0.3, 0.4) is 0 Å². The molecule has 7 heteroatoms. The Morgan fingerprint density at radius 2 is 1.85 bits per heavy atom. The normalized spacial score (nSPS) is 29.7. The van der Waals surface area contributed by atoms with Crippen molar-refractivity contribution in [2.24, 2.45) is 28.8 Å². The Kier molecular flexibility index (Phi) is 4.50. The molecule has 6 nitrogen and oxygen atoms in total. The summed E-state index contributed by atoms with van der Waals surface area (Å²) < 4.78 is 6.03. The zero-order valence-electron chi connectivity index (χ0n) is 14.3. The Morgan fingerprint density at radius 1 is 1.23 bits per heavy atom. The number of amides is 2. The molecule has 2 fully saturated rings. The summed E-state index contributed by atoms with van der Waals surface area (Å²) >= 11 is 2.00. The van der Waals surface area contributed by atoms with Crippen molar-refractivity contribution in [1.29, 1.82) is 0 Å². The van der Waals surface area contributed by atoms with Crippen molar-refractivity contribution in [2.75, 3.05) is 6.61 Å². The summed E-state index contributed by atoms with van der Waals surface area (Å²) in [6.45, 7) is 2.26. The molecule has 0 spiro atoms. The van der Waals surface area contributed by atoms with Crippen LogP contribution in [0.15, 0.2) is 29.4 Å². The van der Waals surface area contributed by atoms with E-state index in [2.05, 4.69) is 17.3 Å². The molecule has 1 heterocycles. The summed E-state index contributed by atoms with van der Waals surface area (Å²) in [7, 11) is 0. The van der Waals surface area contributed by atoms with Gasteiger partial charge in [-0.15, -0.1) is 0 Å². The maximum atomic E-state index is 12.7. The number of nitrogens with zero attached hydrogens (tertiary/aromatic N) is 2. The van der Waals surface area contributed by atoms with Crippen molar-refractivity contribution in [3.8, 4) is 11.5 Å². The molecule has 0 radical (unpaired) electrons. The summed E-state index contributed by atoms with van der Waals surface area (Å²) in [5.41, 5.74) is 0.659. The Morgan fingerprint density at radius 3 is 2.38 bits per heavy atom. The van der Waals surface area contributed by atoms with E-state index >= 15 is 0 Å². The number of imide groups is 1. The molecule has 136 valence electrons. The predicted octanol–water partition coefficient (Wildman–Crippen LogP) is 2.93. The molecule has 0 aromatic heterocycles. The molecule has 4 atom stereocenters. The second-order valence-electron chi connectivity index (χ2n) is 6.86. The van der Waals surface area contributed by atoms with E-state index < -0.39 is 0 Å². The molecule has 2 bridgehead atoms. The number of phenolic OH excluding ortho intramolecular Hbond substituents is 1. The van der Waals surface area contributed by atoms with E-state index in [0.717, 1.165) is 17.9 Å². The van der Waals surface area contributed by atoms with Crippen molar-refractivity contribution in [3.63, 3.8) is 0 Å². The van der Waals surface area contributed by atoms with Gasteiger partial charge in [-0.3, -0.25) is 9.59 Å². The SMILES string of the molecule is CCOc1cc(/C=N\N2C(=O)[C@@H]3[C@H](C2=O)[C@H]2C=C[C@H]3CC2)cc(I)c1O. The smallest absolute Gasteiger partial charge is 0.254 e. The van der Waals surface area contributed by atoms with E-state index in [0.29, 0.717) is 21.5 Å². The minimum atomic E-state index is -0.262. The number of hydrazone groups is 1. The summed E-state index contributed by atoms with van der Waals surface area (Å²) in [6.07, 6.45) is 7.58. The Bertz CT molecular complexity index is 803. The third-order valence-electron chi connectivity index (χ3n) is 5.41. The highest BCUT2D eigenvalue weighted by Gasteiger charge is 2.56. The zero-order valence-corrected chi connectivity index (χ0v) is 16.4. The van der Waals surface area contributed by atoms with Gasteiger partial charge in [0.25, 0.3) is 11.8 Å². The number of benzene rings is 1. The largest absolute Gasteiger partial charge is 0.504 e. The first kappa shape index (κ1) is 17.5. The van der Waals surface area contributed by atoms with Gasteiger partial charge >= 0.3 is 0 Å². The molecule has 1 aliphatic heterocycles. The van der Waals surface area contributed by atoms with Crippen LogP contribution in [0, 0.1) is 27.2 Å². The molecule has 26 heavy (non-hydrogen) atoms. The van der Waals surface area contributed by atoms with Crippen molar-refractivity contribution < 1.29 is 19.4 Å². The first-order valence-electron chi connectivity index (χ1n) is 8.76. The van der Waals surface area contributed by atoms with E-state index in [-0.39, 0.29) is 41.2 Å². The Labute approximate surface area is 165 Å². The number of hydrogen-bond donors (Lipinski definition) is 1. The number of allylic oxidation sites excluding steroid dienone is 2. The van der Waals surface area contributed by atoms with E-state index in [9.17, 15) is 14.7 Å². The molecule has 4 aliphatic rings. The average molecular weight is 466 g/mol. The number of halogens is 1. The van der Waals surface area contributed by atoms with Gasteiger partial charge in [0.2, 0.25) is 0 Å². The molecule has 0 unspecified atom stereocenters. The number of hydrogen-bond acceptors (Lipinski definition) is 5. The van der Waals surface area contributed by atoms with Gasteiger partial charge in [0.05, 0.1) is 28.2 Å². The minimum absolute atomic E-state index is 0.0756. The summed E-state index contributed by atoms with van der Waals surface area (Å²) in [4.78, 5) is 25.5. The summed E-state index contributed by atoms with van der Waals surface area (Å²) in [5, 5.41) is 15.2. The third-order valence-corrected chi connectivity index (χ3v) is 6.23. The van der Waals surface area contributed by atoms with Gasteiger partial charge in [-0.2, -0.15) is 10.1 Å². The van der Waals surface area contributed by atoms with Crippen molar-refractivity contribution in [3.05, 3.63) is 33.4 Å². The molecule has 5 rings (SSSR count). The molecule has 1 aromatic rings. The minimum Gasteiger partial charge on any atom is -0.504 e. The summed E-state index contributed by atoms with van der Waals surface area (Å²) in [5.74, 6) is -0.184. The fraction of sp³-hybridized carbons (Fsp3) is 0.421. The van der Waals surface area contributed by atoms with Crippen molar-refractivity contribution >= 4 is 40.6 Å². The first-order valence-corrected chi connectivity index (χ1v) is 9.84. The number of aromatic hydroxyl groups is 1. The highest BCUT2D eigenvalue weighted by Crippen LogP contribution is 2.49. The molecular formula is C19H19IN2O4. The Hall–Kier alpha value is -1.90. The van der Waals surface area contributed by atoms with Crippen LogP contribution in [-0.4, -0.2) is 34.8 Å². The maximum Gasteiger partial charge on any atom is 0.254 e. The van der Waals surface area contributed by atoms with E-state index in [4.69, 9.17) is 4.74 Å². The van der Waals surface area contributed by atoms with Crippen LogP contribution >= 0.6 is 22.6 Å². The standard InChI is InChI=1S/C19H19IN2O4/c1-2-26-14-8-10(7-13(20)17(14)23)9-21-22-18(24)15-11-3-4-12(6-5-11)16(15)19(22)25/h3-4,7-9,11-12,15-16,23H,2,5-6H2,1H3/b21-9-/t11-,12-,15-,16+/m0/s1. The van der Waals surface area contributed by atoms with Crippen LogP contribution in [-0.2, 0) is 9.59 Å². The third kappa shape index (κ3) is 2.72. The van der Waals surface area contributed by atoms with Gasteiger partial charge in [0.15, 0.2) is 11.5 Å². The number of phenols is 1. The second-order valence-corrected chi connectivity index (χ2v) is 8.02. The van der Waals surface area contributed by atoms with Crippen LogP contribution in [0.5, 0.6) is 11.5 Å². The molecular weight excluding hydrogens is 447 g/mol. The second kappa shape index (κ2) is 6.68. The number of rotatable bonds is 4. The lowest BCUT2D eigenvalue weighted by Crippen LogP contribution is -2.38. The fourth-order valence-electron chi connectivity index (χ4n) is 4.23. The first-order chi connectivity index (χ1) is 12.5. The van der Waals surface area contributed by atoms with Crippen LogP contribution < -0.4 is 4.74 Å². The van der Waals surface area contributed by atoms with Gasteiger partial charge in [-0.1, -0.05) is 12.2 Å². The van der Waals surface area contributed by atoms with Gasteiger partial charge in [0, 0.05) is 0 Å². The average Bonchev–Trinajstić information content (AvgIpc) is 2.91. The zero-order chi connectivity index (χ0) is 18.4. The molecule has 3 aliphatic carbocycles. The van der Waals surface area contributed by atoms with Crippen molar-refractivity contribution in [2.45, 2.75) is 19.8 Å².